The molecule has 1 saturated heterocycles. The maximum absolute atomic E-state index is 13.8. The fourth-order valence-corrected chi connectivity index (χ4v) is 6.68. The Morgan fingerprint density at radius 2 is 1.87 bits per heavy atom. The van der Waals surface area contributed by atoms with Crippen molar-refractivity contribution in [3.05, 3.63) is 53.8 Å². The molecule has 0 spiro atoms. The fourth-order valence-electron chi connectivity index (χ4n) is 3.36. The Morgan fingerprint density at radius 3 is 2.45 bits per heavy atom. The summed E-state index contributed by atoms with van der Waals surface area (Å²) in [5.74, 6) is -1.49. The minimum absolute atomic E-state index is 0.0227. The van der Waals surface area contributed by atoms with E-state index in [0.717, 1.165) is 6.07 Å². The first-order valence-corrected chi connectivity index (χ1v) is 12.5. The summed E-state index contributed by atoms with van der Waals surface area (Å²) in [6.45, 7) is 2.93. The molecule has 1 N–H and O–H groups in total. The molecule has 2 aromatic rings. The van der Waals surface area contributed by atoms with Gasteiger partial charge < -0.3 is 4.74 Å². The summed E-state index contributed by atoms with van der Waals surface area (Å²) in [5, 5.41) is 0. The van der Waals surface area contributed by atoms with Gasteiger partial charge in [-0.05, 0) is 50.1 Å². The number of nitrogens with zero attached hydrogens (tertiary/aromatic N) is 1. The Balaban J connectivity index is 1.91. The average molecular weight is 471 g/mol. The number of ether oxygens (including phenoxy) is 1. The van der Waals surface area contributed by atoms with Crippen molar-refractivity contribution >= 4 is 31.6 Å². The summed E-state index contributed by atoms with van der Waals surface area (Å²) in [5.41, 5.74) is -0.872. The van der Waals surface area contributed by atoms with Gasteiger partial charge in [-0.25, -0.2) is 30.3 Å². The van der Waals surface area contributed by atoms with E-state index in [4.69, 9.17) is 4.74 Å². The van der Waals surface area contributed by atoms with Crippen molar-refractivity contribution in [3.8, 4) is 5.75 Å². The third-order valence-electron chi connectivity index (χ3n) is 4.90. The zero-order chi connectivity index (χ0) is 23.0. The van der Waals surface area contributed by atoms with Gasteiger partial charge in [0.05, 0.1) is 24.0 Å². The normalized spacial score (nSPS) is 17.7. The van der Waals surface area contributed by atoms with Crippen LogP contribution in [0.25, 0.3) is 0 Å². The fraction of sp³-hybridized carbons (Fsp3) is 0.350. The lowest BCUT2D eigenvalue weighted by Crippen LogP contribution is -2.33. The Labute approximate surface area is 181 Å². The third-order valence-corrected chi connectivity index (χ3v) is 8.40. The summed E-state index contributed by atoms with van der Waals surface area (Å²) in [6, 6.07) is 9.70. The third kappa shape index (κ3) is 4.58. The van der Waals surface area contributed by atoms with Gasteiger partial charge in [0.1, 0.15) is 16.5 Å². The molecule has 0 bridgehead atoms. The van der Waals surface area contributed by atoms with E-state index in [-0.39, 0.29) is 35.1 Å². The molecule has 3 rings (SSSR count). The Bertz CT molecular complexity index is 1230. The van der Waals surface area contributed by atoms with Crippen molar-refractivity contribution in [1.82, 2.24) is 4.72 Å². The second-order valence-corrected chi connectivity index (χ2v) is 11.3. The molecule has 0 saturated carbocycles. The van der Waals surface area contributed by atoms with Crippen molar-refractivity contribution in [1.29, 1.82) is 0 Å². The number of sulfonamides is 2. The molecule has 0 radical (unpaired) electrons. The molecule has 0 aromatic heterocycles. The molecule has 1 aliphatic heterocycles. The second-order valence-electron chi connectivity index (χ2n) is 7.78. The van der Waals surface area contributed by atoms with Crippen LogP contribution in [0, 0.1) is 11.2 Å². The van der Waals surface area contributed by atoms with Crippen molar-refractivity contribution in [2.45, 2.75) is 25.2 Å². The van der Waals surface area contributed by atoms with Gasteiger partial charge in [-0.15, -0.1) is 0 Å². The molecule has 31 heavy (non-hydrogen) atoms. The molecule has 11 heteroatoms. The van der Waals surface area contributed by atoms with Gasteiger partial charge in [0.2, 0.25) is 26.0 Å². The molecule has 1 aliphatic rings. The van der Waals surface area contributed by atoms with Gasteiger partial charge in [-0.3, -0.25) is 4.79 Å². The topological polar surface area (TPSA) is 110 Å². The number of carbonyl (C=O) groups excluding carboxylic acids is 1. The summed E-state index contributed by atoms with van der Waals surface area (Å²) < 4.78 is 72.7. The molecule has 1 fully saturated rings. The maximum atomic E-state index is 13.8. The molecule has 0 atom stereocenters. The number of hydrogen-bond acceptors (Lipinski definition) is 6. The van der Waals surface area contributed by atoms with Crippen LogP contribution in [-0.4, -0.2) is 42.2 Å². The summed E-state index contributed by atoms with van der Waals surface area (Å²) >= 11 is 0. The van der Waals surface area contributed by atoms with E-state index in [1.807, 2.05) is 0 Å². The van der Waals surface area contributed by atoms with Gasteiger partial charge in [-0.2, -0.15) is 0 Å². The van der Waals surface area contributed by atoms with Crippen molar-refractivity contribution in [2.75, 3.05) is 23.7 Å². The first-order valence-electron chi connectivity index (χ1n) is 9.37. The standard InChI is InChI=1S/C20H23FN2O6S2/c1-20(2)13-30(25,26)23(19(20)24)15-8-9-17(29-3)18(12-15)31(27,28)22-11-10-14-6-4-5-7-16(14)21/h4-9,12,22H,10-11,13H2,1-3H3. The monoisotopic (exact) mass is 470 g/mol. The number of amides is 1. The number of halogens is 1. The molecule has 1 amide bonds. The number of nitrogens with one attached hydrogen (secondary N) is 1. The summed E-state index contributed by atoms with van der Waals surface area (Å²) in [7, 11) is -6.83. The zero-order valence-electron chi connectivity index (χ0n) is 17.3. The van der Waals surface area contributed by atoms with Gasteiger partial charge >= 0.3 is 0 Å². The van der Waals surface area contributed by atoms with Crippen molar-refractivity contribution < 1.29 is 30.8 Å². The minimum Gasteiger partial charge on any atom is -0.495 e. The molecule has 8 nitrogen and oxygen atoms in total. The number of carbonyl (C=O) groups is 1. The van der Waals surface area contributed by atoms with Crippen LogP contribution in [0.5, 0.6) is 5.75 Å². The SMILES string of the molecule is COc1ccc(N2C(=O)C(C)(C)CS2(=O)=O)cc1S(=O)(=O)NCCc1ccccc1F. The number of methoxy groups -OCH3 is 1. The molecule has 0 aliphatic carbocycles. The first-order chi connectivity index (χ1) is 14.4. The van der Waals surface area contributed by atoms with E-state index in [2.05, 4.69) is 4.72 Å². The predicted molar refractivity (Wildman–Crippen MR) is 113 cm³/mol. The molecule has 1 heterocycles. The quantitative estimate of drug-likeness (QED) is 0.663. The molecule has 168 valence electrons. The van der Waals surface area contributed by atoms with E-state index in [1.165, 1.54) is 45.2 Å². The number of benzene rings is 2. The van der Waals surface area contributed by atoms with Crippen LogP contribution in [0.4, 0.5) is 10.1 Å². The number of anilines is 1. The van der Waals surface area contributed by atoms with Gasteiger partial charge in [0.25, 0.3) is 0 Å². The van der Waals surface area contributed by atoms with E-state index in [1.54, 1.807) is 12.1 Å². The van der Waals surface area contributed by atoms with Crippen molar-refractivity contribution in [3.63, 3.8) is 0 Å². The zero-order valence-corrected chi connectivity index (χ0v) is 18.9. The van der Waals surface area contributed by atoms with E-state index in [9.17, 15) is 26.0 Å². The number of rotatable bonds is 7. The summed E-state index contributed by atoms with van der Waals surface area (Å²) in [4.78, 5) is 12.3. The van der Waals surface area contributed by atoms with E-state index >= 15 is 0 Å². The summed E-state index contributed by atoms with van der Waals surface area (Å²) in [6.07, 6.45) is 0.112. The van der Waals surface area contributed by atoms with Gasteiger partial charge in [0, 0.05) is 6.54 Å². The molecular formula is C20H23FN2O6S2. The Hall–Kier alpha value is -2.50. The van der Waals surface area contributed by atoms with Crippen LogP contribution in [0.2, 0.25) is 0 Å². The maximum Gasteiger partial charge on any atom is 0.247 e. The molecule has 0 unspecified atom stereocenters. The number of hydrogen-bond donors (Lipinski definition) is 1. The highest BCUT2D eigenvalue weighted by Gasteiger charge is 2.50. The lowest BCUT2D eigenvalue weighted by Gasteiger charge is -2.19. The Kier molecular flexibility index (Phi) is 6.14. The highest BCUT2D eigenvalue weighted by Crippen LogP contribution is 2.38. The van der Waals surface area contributed by atoms with Crippen LogP contribution in [0.1, 0.15) is 19.4 Å². The first kappa shape index (κ1) is 23.2. The second kappa shape index (κ2) is 8.21. The van der Waals surface area contributed by atoms with Gasteiger partial charge in [-0.1, -0.05) is 18.2 Å². The lowest BCUT2D eigenvalue weighted by atomic mass is 9.95. The average Bonchev–Trinajstić information content (AvgIpc) is 2.85. The highest BCUT2D eigenvalue weighted by molar-refractivity contribution is 7.94. The predicted octanol–water partition coefficient (Wildman–Crippen LogP) is 2.06. The van der Waals surface area contributed by atoms with E-state index < -0.39 is 37.2 Å². The van der Waals surface area contributed by atoms with Crippen LogP contribution >= 0.6 is 0 Å². The van der Waals surface area contributed by atoms with Crippen LogP contribution in [-0.2, 0) is 31.3 Å². The highest BCUT2D eigenvalue weighted by atomic mass is 32.2. The Morgan fingerprint density at radius 1 is 1.19 bits per heavy atom. The van der Waals surface area contributed by atoms with Gasteiger partial charge in [0.15, 0.2) is 0 Å². The lowest BCUT2D eigenvalue weighted by molar-refractivity contribution is -0.123. The van der Waals surface area contributed by atoms with E-state index in [0.29, 0.717) is 9.87 Å². The molecule has 2 aromatic carbocycles. The largest absolute Gasteiger partial charge is 0.495 e. The van der Waals surface area contributed by atoms with Crippen LogP contribution < -0.4 is 13.8 Å². The smallest absolute Gasteiger partial charge is 0.247 e. The van der Waals surface area contributed by atoms with Crippen LogP contribution in [0.15, 0.2) is 47.4 Å². The van der Waals surface area contributed by atoms with Crippen molar-refractivity contribution in [2.24, 2.45) is 5.41 Å². The minimum atomic E-state index is -4.15. The van der Waals surface area contributed by atoms with Crippen LogP contribution in [0.3, 0.4) is 0 Å². The molecular weight excluding hydrogens is 447 g/mol.